The van der Waals surface area contributed by atoms with Gasteiger partial charge in [-0.15, -0.1) is 0 Å². The van der Waals surface area contributed by atoms with Crippen LogP contribution in [0.15, 0.2) is 23.1 Å². The second-order valence-corrected chi connectivity index (χ2v) is 6.60. The summed E-state index contributed by atoms with van der Waals surface area (Å²) in [5, 5.41) is 8.99. The molecule has 2 N–H and O–H groups in total. The maximum absolute atomic E-state index is 12.5. The number of hydrogen-bond acceptors (Lipinski definition) is 4. The van der Waals surface area contributed by atoms with Crippen LogP contribution in [0, 0.1) is 11.3 Å². The zero-order valence-corrected chi connectivity index (χ0v) is 12.4. The molecule has 1 aromatic carbocycles. The summed E-state index contributed by atoms with van der Waals surface area (Å²) in [6, 6.07) is 5.95. The van der Waals surface area contributed by atoms with Gasteiger partial charge in [0.15, 0.2) is 0 Å². The number of sulfonamides is 1. The molecule has 0 aliphatic carbocycles. The van der Waals surface area contributed by atoms with Crippen molar-refractivity contribution >= 4 is 27.3 Å². The molecule has 0 atom stereocenters. The number of nitrogens with two attached hydrogens (primary N) is 1. The molecule has 7 heteroatoms. The number of anilines is 1. The van der Waals surface area contributed by atoms with Crippen LogP contribution < -0.4 is 5.73 Å². The summed E-state index contributed by atoms with van der Waals surface area (Å²) < 4.78 is 26.3. The van der Waals surface area contributed by atoms with Gasteiger partial charge in [-0.3, -0.25) is 0 Å². The summed E-state index contributed by atoms with van der Waals surface area (Å²) >= 11 is 5.76. The van der Waals surface area contributed by atoms with Crippen molar-refractivity contribution in [2.24, 2.45) is 0 Å². The minimum absolute atomic E-state index is 0.0172. The van der Waals surface area contributed by atoms with E-state index in [-0.39, 0.29) is 29.6 Å². The molecule has 0 aromatic heterocycles. The molecule has 0 radical (unpaired) electrons. The van der Waals surface area contributed by atoms with E-state index in [0.717, 1.165) is 0 Å². The van der Waals surface area contributed by atoms with Gasteiger partial charge in [-0.1, -0.05) is 11.6 Å². The molecule has 0 bridgehead atoms. The fourth-order valence-electron chi connectivity index (χ4n) is 1.70. The van der Waals surface area contributed by atoms with Crippen LogP contribution >= 0.6 is 11.6 Å². The van der Waals surface area contributed by atoms with Crippen molar-refractivity contribution in [3.63, 3.8) is 0 Å². The van der Waals surface area contributed by atoms with E-state index in [1.54, 1.807) is 13.8 Å². The number of hydrogen-bond donors (Lipinski definition) is 1. The summed E-state index contributed by atoms with van der Waals surface area (Å²) in [5.74, 6) is 0. The minimum Gasteiger partial charge on any atom is -0.398 e. The van der Waals surface area contributed by atoms with Crippen LogP contribution in [0.5, 0.6) is 0 Å². The van der Waals surface area contributed by atoms with Crippen molar-refractivity contribution in [2.75, 3.05) is 12.3 Å². The van der Waals surface area contributed by atoms with Crippen molar-refractivity contribution in [3.8, 4) is 6.07 Å². The van der Waals surface area contributed by atoms with Crippen LogP contribution in [0.25, 0.3) is 0 Å². The zero-order chi connectivity index (χ0) is 14.6. The van der Waals surface area contributed by atoms with Crippen LogP contribution in [-0.2, 0) is 10.0 Å². The molecule has 0 saturated heterocycles. The maximum atomic E-state index is 12.5. The Morgan fingerprint density at radius 1 is 1.47 bits per heavy atom. The first kappa shape index (κ1) is 15.8. The van der Waals surface area contributed by atoms with Gasteiger partial charge in [0.2, 0.25) is 10.0 Å². The highest BCUT2D eigenvalue weighted by Gasteiger charge is 2.28. The van der Waals surface area contributed by atoms with Gasteiger partial charge in [0, 0.05) is 24.0 Å². The predicted molar refractivity (Wildman–Crippen MR) is 75.1 cm³/mol. The third kappa shape index (κ3) is 3.60. The van der Waals surface area contributed by atoms with Crippen LogP contribution in [-0.4, -0.2) is 25.3 Å². The molecule has 19 heavy (non-hydrogen) atoms. The zero-order valence-electron chi connectivity index (χ0n) is 10.8. The van der Waals surface area contributed by atoms with Crippen molar-refractivity contribution in [1.29, 1.82) is 5.26 Å². The first-order valence-corrected chi connectivity index (χ1v) is 7.56. The molecular weight excluding hydrogens is 286 g/mol. The standard InChI is InChI=1S/C12H16ClN3O2S/c1-9(2)16(7-3-6-14)19(17,18)12-5-4-10(13)8-11(12)15/h4-5,8-9H,3,7,15H2,1-2H3. The summed E-state index contributed by atoms with van der Waals surface area (Å²) in [7, 11) is -3.72. The van der Waals surface area contributed by atoms with Crippen molar-refractivity contribution < 1.29 is 8.42 Å². The Bertz CT molecular complexity index is 593. The molecular formula is C12H16ClN3O2S. The van der Waals surface area contributed by atoms with Gasteiger partial charge >= 0.3 is 0 Å². The van der Waals surface area contributed by atoms with E-state index in [4.69, 9.17) is 22.6 Å². The summed E-state index contributed by atoms with van der Waals surface area (Å²) in [4.78, 5) is 0.0172. The first-order valence-electron chi connectivity index (χ1n) is 5.74. The third-order valence-corrected chi connectivity index (χ3v) is 4.96. The lowest BCUT2D eigenvalue weighted by Gasteiger charge is -2.25. The van der Waals surface area contributed by atoms with E-state index >= 15 is 0 Å². The number of benzene rings is 1. The topological polar surface area (TPSA) is 87.2 Å². The normalized spacial score (nSPS) is 11.8. The van der Waals surface area contributed by atoms with Gasteiger partial charge in [-0.05, 0) is 32.0 Å². The second kappa shape index (κ2) is 6.24. The Hall–Kier alpha value is -1.29. The van der Waals surface area contributed by atoms with E-state index in [1.807, 2.05) is 6.07 Å². The molecule has 0 saturated carbocycles. The molecule has 5 nitrogen and oxygen atoms in total. The molecule has 0 heterocycles. The van der Waals surface area contributed by atoms with Gasteiger partial charge in [0.1, 0.15) is 4.90 Å². The summed E-state index contributed by atoms with van der Waals surface area (Å²) in [6.07, 6.45) is 0.130. The van der Waals surface area contributed by atoms with Crippen LogP contribution in [0.3, 0.4) is 0 Å². The molecule has 104 valence electrons. The fourth-order valence-corrected chi connectivity index (χ4v) is 3.61. The van der Waals surface area contributed by atoms with Crippen molar-refractivity contribution in [3.05, 3.63) is 23.2 Å². The lowest BCUT2D eigenvalue weighted by molar-refractivity contribution is 0.360. The third-order valence-electron chi connectivity index (χ3n) is 2.58. The quantitative estimate of drug-likeness (QED) is 0.845. The lowest BCUT2D eigenvalue weighted by Crippen LogP contribution is -2.37. The highest BCUT2D eigenvalue weighted by molar-refractivity contribution is 7.89. The molecule has 1 aromatic rings. The number of nitriles is 1. The minimum atomic E-state index is -3.72. The van der Waals surface area contributed by atoms with Crippen LogP contribution in [0.1, 0.15) is 20.3 Å². The fraction of sp³-hybridized carbons (Fsp3) is 0.417. The Labute approximate surface area is 118 Å². The van der Waals surface area contributed by atoms with Gasteiger partial charge in [-0.25, -0.2) is 8.42 Å². The molecule has 0 aliphatic rings. The Morgan fingerprint density at radius 3 is 2.58 bits per heavy atom. The van der Waals surface area contributed by atoms with E-state index in [0.29, 0.717) is 5.02 Å². The number of rotatable bonds is 5. The van der Waals surface area contributed by atoms with Crippen molar-refractivity contribution in [2.45, 2.75) is 31.2 Å². The van der Waals surface area contributed by atoms with E-state index in [9.17, 15) is 8.42 Å². The largest absolute Gasteiger partial charge is 0.398 e. The monoisotopic (exact) mass is 301 g/mol. The Kier molecular flexibility index (Phi) is 5.18. The highest BCUT2D eigenvalue weighted by atomic mass is 35.5. The number of nitrogens with zero attached hydrogens (tertiary/aromatic N) is 2. The van der Waals surface area contributed by atoms with Gasteiger partial charge in [0.25, 0.3) is 0 Å². The molecule has 0 fully saturated rings. The van der Waals surface area contributed by atoms with Gasteiger partial charge < -0.3 is 5.73 Å². The van der Waals surface area contributed by atoms with Gasteiger partial charge in [-0.2, -0.15) is 9.57 Å². The smallest absolute Gasteiger partial charge is 0.245 e. The highest BCUT2D eigenvalue weighted by Crippen LogP contribution is 2.26. The van der Waals surface area contributed by atoms with Crippen molar-refractivity contribution in [1.82, 2.24) is 4.31 Å². The maximum Gasteiger partial charge on any atom is 0.245 e. The average molecular weight is 302 g/mol. The van der Waals surface area contributed by atoms with Crippen LogP contribution in [0.4, 0.5) is 5.69 Å². The predicted octanol–water partition coefficient (Wildman–Crippen LogP) is 2.23. The molecule has 0 aliphatic heterocycles. The van der Waals surface area contributed by atoms with E-state index < -0.39 is 10.0 Å². The van der Waals surface area contributed by atoms with Crippen LogP contribution in [0.2, 0.25) is 5.02 Å². The SMILES string of the molecule is CC(C)N(CCC#N)S(=O)(=O)c1ccc(Cl)cc1N. The van der Waals surface area contributed by atoms with E-state index in [2.05, 4.69) is 0 Å². The van der Waals surface area contributed by atoms with E-state index in [1.165, 1.54) is 22.5 Å². The average Bonchev–Trinajstić information content (AvgIpc) is 2.27. The summed E-state index contributed by atoms with van der Waals surface area (Å²) in [5.41, 5.74) is 5.83. The first-order chi connectivity index (χ1) is 8.80. The molecule has 1 rings (SSSR count). The Morgan fingerprint density at radius 2 is 2.11 bits per heavy atom. The number of nitrogen functional groups attached to an aromatic ring is 1. The second-order valence-electron chi connectivity index (χ2n) is 4.30. The Balaban J connectivity index is 3.23. The molecule has 0 amide bonds. The van der Waals surface area contributed by atoms with Gasteiger partial charge in [0.05, 0.1) is 11.8 Å². The molecule has 0 spiro atoms. The molecule has 0 unspecified atom stereocenters. The number of halogens is 1. The summed E-state index contributed by atoms with van der Waals surface area (Å²) in [6.45, 7) is 3.64. The lowest BCUT2D eigenvalue weighted by atomic mass is 10.3.